The van der Waals surface area contributed by atoms with Gasteiger partial charge in [0, 0.05) is 5.39 Å². The summed E-state index contributed by atoms with van der Waals surface area (Å²) >= 11 is 5.69. The predicted molar refractivity (Wildman–Crippen MR) is 46.8 cm³/mol. The first kappa shape index (κ1) is 5.56. The third kappa shape index (κ3) is 1.19. The molecule has 2 rings (SSSR count). The van der Waals surface area contributed by atoms with Crippen molar-refractivity contribution < 1.29 is 1.37 Å². The molecule has 0 aliphatic carbocycles. The van der Waals surface area contributed by atoms with Gasteiger partial charge in [-0.2, -0.15) is 0 Å². The number of benzene rings is 1. The first-order valence-corrected chi connectivity index (χ1v) is 3.67. The van der Waals surface area contributed by atoms with E-state index in [0.717, 1.165) is 10.9 Å². The van der Waals surface area contributed by atoms with Crippen molar-refractivity contribution in [1.82, 2.24) is 4.98 Å². The molecular weight excluding hydrogens is 158 g/mol. The average Bonchev–Trinajstić information content (AvgIpc) is 2.07. The molecule has 0 radical (unpaired) electrons. The molecule has 1 nitrogen and oxygen atoms in total. The lowest BCUT2D eigenvalue weighted by Crippen LogP contribution is -1.76. The SMILES string of the molecule is [2H]c1cc2ccccc2nc1Cl. The number of pyridine rings is 1. The fraction of sp³-hybridized carbons (Fsp3) is 0. The number of rotatable bonds is 0. The van der Waals surface area contributed by atoms with Crippen molar-refractivity contribution in [3.8, 4) is 0 Å². The van der Waals surface area contributed by atoms with E-state index in [4.69, 9.17) is 13.0 Å². The van der Waals surface area contributed by atoms with Crippen LogP contribution < -0.4 is 0 Å². The lowest BCUT2D eigenvalue weighted by atomic mass is 10.2. The van der Waals surface area contributed by atoms with Crippen LogP contribution in [0.5, 0.6) is 0 Å². The van der Waals surface area contributed by atoms with E-state index in [9.17, 15) is 0 Å². The largest absolute Gasteiger partial charge is 0.236 e. The van der Waals surface area contributed by atoms with Crippen molar-refractivity contribution in [2.24, 2.45) is 0 Å². The van der Waals surface area contributed by atoms with E-state index in [1.165, 1.54) is 0 Å². The van der Waals surface area contributed by atoms with Crippen LogP contribution in [0.3, 0.4) is 0 Å². The third-order valence-electron chi connectivity index (χ3n) is 1.50. The summed E-state index contributed by atoms with van der Waals surface area (Å²) in [4.78, 5) is 4.05. The van der Waals surface area contributed by atoms with Crippen molar-refractivity contribution in [3.05, 3.63) is 41.5 Å². The summed E-state index contributed by atoms with van der Waals surface area (Å²) in [6.45, 7) is 0. The molecule has 0 atom stereocenters. The second-order valence-electron chi connectivity index (χ2n) is 2.25. The van der Waals surface area contributed by atoms with Crippen molar-refractivity contribution in [3.63, 3.8) is 0 Å². The van der Waals surface area contributed by atoms with E-state index in [1.54, 1.807) is 6.07 Å². The number of para-hydroxylation sites is 1. The molecule has 0 fully saturated rings. The molecule has 0 amide bonds. The molecule has 0 bridgehead atoms. The van der Waals surface area contributed by atoms with Crippen LogP contribution in [0.4, 0.5) is 0 Å². The summed E-state index contributed by atoms with van der Waals surface area (Å²) in [7, 11) is 0. The van der Waals surface area contributed by atoms with E-state index in [1.807, 2.05) is 24.3 Å². The zero-order valence-electron chi connectivity index (χ0n) is 6.71. The van der Waals surface area contributed by atoms with Crippen molar-refractivity contribution >= 4 is 22.5 Å². The maximum atomic E-state index is 7.41. The highest BCUT2D eigenvalue weighted by molar-refractivity contribution is 6.29. The normalized spacial score (nSPS) is 11.5. The molecule has 1 aromatic carbocycles. The van der Waals surface area contributed by atoms with Gasteiger partial charge in [0.15, 0.2) is 0 Å². The Morgan fingerprint density at radius 3 is 3.00 bits per heavy atom. The molecule has 0 aliphatic rings. The first-order valence-electron chi connectivity index (χ1n) is 3.79. The second-order valence-corrected chi connectivity index (χ2v) is 2.61. The molecule has 2 aromatic rings. The molecule has 1 aromatic heterocycles. The Kier molecular flexibility index (Phi) is 1.27. The van der Waals surface area contributed by atoms with Crippen LogP contribution in [0.25, 0.3) is 10.9 Å². The average molecular weight is 165 g/mol. The van der Waals surface area contributed by atoms with Gasteiger partial charge in [-0.05, 0) is 18.2 Å². The lowest BCUT2D eigenvalue weighted by Gasteiger charge is -1.94. The van der Waals surface area contributed by atoms with Gasteiger partial charge in [-0.15, -0.1) is 0 Å². The van der Waals surface area contributed by atoms with Crippen LogP contribution >= 0.6 is 11.6 Å². The fourth-order valence-corrected chi connectivity index (χ4v) is 1.13. The Morgan fingerprint density at radius 2 is 2.09 bits per heavy atom. The Morgan fingerprint density at radius 1 is 1.27 bits per heavy atom. The van der Waals surface area contributed by atoms with E-state index in [-0.39, 0.29) is 11.2 Å². The number of nitrogens with zero attached hydrogens (tertiary/aromatic N) is 1. The molecule has 1 heterocycles. The standard InChI is InChI=1S/C9H6ClN/c10-9-6-5-7-3-1-2-4-8(7)11-9/h1-6H/i6D. The third-order valence-corrected chi connectivity index (χ3v) is 1.70. The summed E-state index contributed by atoms with van der Waals surface area (Å²) in [5.41, 5.74) is 0.832. The van der Waals surface area contributed by atoms with Gasteiger partial charge in [-0.25, -0.2) is 4.98 Å². The van der Waals surface area contributed by atoms with E-state index < -0.39 is 0 Å². The number of halogens is 1. The Labute approximate surface area is 71.0 Å². The van der Waals surface area contributed by atoms with Gasteiger partial charge < -0.3 is 0 Å². The summed E-state index contributed by atoms with van der Waals surface area (Å²) in [5, 5.41) is 1.21. The molecule has 2 heteroatoms. The zero-order chi connectivity index (χ0) is 8.55. The van der Waals surface area contributed by atoms with Crippen molar-refractivity contribution in [2.45, 2.75) is 0 Å². The minimum absolute atomic E-state index is 0.258. The maximum Gasteiger partial charge on any atom is 0.129 e. The van der Waals surface area contributed by atoms with Crippen LogP contribution in [0.15, 0.2) is 36.4 Å². The molecule has 0 unspecified atom stereocenters. The van der Waals surface area contributed by atoms with Crippen LogP contribution in [0.2, 0.25) is 5.15 Å². The summed E-state index contributed by atoms with van der Waals surface area (Å²) in [5.74, 6) is 0. The smallest absolute Gasteiger partial charge is 0.129 e. The van der Waals surface area contributed by atoms with E-state index in [2.05, 4.69) is 4.98 Å². The van der Waals surface area contributed by atoms with Gasteiger partial charge >= 0.3 is 0 Å². The summed E-state index contributed by atoms with van der Waals surface area (Å²) < 4.78 is 7.41. The lowest BCUT2D eigenvalue weighted by molar-refractivity contribution is 1.41. The minimum Gasteiger partial charge on any atom is -0.236 e. The van der Waals surface area contributed by atoms with Gasteiger partial charge in [0.25, 0.3) is 0 Å². The van der Waals surface area contributed by atoms with Gasteiger partial charge in [0.05, 0.1) is 6.89 Å². The van der Waals surface area contributed by atoms with Crippen LogP contribution in [0.1, 0.15) is 1.37 Å². The van der Waals surface area contributed by atoms with Crippen LogP contribution in [-0.4, -0.2) is 4.98 Å². The molecule has 0 saturated carbocycles. The Hall–Kier alpha value is -1.08. The van der Waals surface area contributed by atoms with Gasteiger partial charge in [-0.3, -0.25) is 0 Å². The highest BCUT2D eigenvalue weighted by atomic mass is 35.5. The molecule has 54 valence electrons. The quantitative estimate of drug-likeness (QED) is 0.546. The number of hydrogen-bond acceptors (Lipinski definition) is 1. The molecule has 0 aliphatic heterocycles. The van der Waals surface area contributed by atoms with Gasteiger partial charge in [-0.1, -0.05) is 29.8 Å². The van der Waals surface area contributed by atoms with Gasteiger partial charge in [0.1, 0.15) is 5.15 Å². The van der Waals surface area contributed by atoms with Crippen molar-refractivity contribution in [1.29, 1.82) is 0 Å². The molecular formula is C9H6ClN. The van der Waals surface area contributed by atoms with Crippen molar-refractivity contribution in [2.75, 3.05) is 0 Å². The second kappa shape index (κ2) is 2.51. The highest BCUT2D eigenvalue weighted by Gasteiger charge is 1.92. The fourth-order valence-electron chi connectivity index (χ4n) is 0.987. The monoisotopic (exact) mass is 164 g/mol. The molecule has 0 spiro atoms. The Balaban J connectivity index is 2.84. The predicted octanol–water partition coefficient (Wildman–Crippen LogP) is 2.89. The first-order chi connectivity index (χ1) is 5.77. The van der Waals surface area contributed by atoms with E-state index in [0.29, 0.717) is 0 Å². The van der Waals surface area contributed by atoms with Gasteiger partial charge in [0.2, 0.25) is 0 Å². The Bertz CT molecular complexity index is 387. The molecule has 11 heavy (non-hydrogen) atoms. The summed E-state index contributed by atoms with van der Waals surface area (Å²) in [6, 6.07) is 9.59. The zero-order valence-corrected chi connectivity index (χ0v) is 6.47. The van der Waals surface area contributed by atoms with E-state index >= 15 is 0 Å². The summed E-state index contributed by atoms with van der Waals surface area (Å²) in [6.07, 6.45) is 0. The minimum atomic E-state index is 0.258. The number of hydrogen-bond donors (Lipinski definition) is 0. The molecule has 0 N–H and O–H groups in total. The topological polar surface area (TPSA) is 12.9 Å². The highest BCUT2D eigenvalue weighted by Crippen LogP contribution is 2.13. The molecule has 0 saturated heterocycles. The number of fused-ring (bicyclic) bond motifs is 1. The van der Waals surface area contributed by atoms with Crippen LogP contribution in [-0.2, 0) is 0 Å². The van der Waals surface area contributed by atoms with Crippen LogP contribution in [0, 0.1) is 0 Å². The maximum absolute atomic E-state index is 7.41. The number of aromatic nitrogens is 1.